The lowest BCUT2D eigenvalue weighted by molar-refractivity contribution is -0.130. The average molecular weight is 1130 g/mol. The predicted octanol–water partition coefficient (Wildman–Crippen LogP) is 8.82. The van der Waals surface area contributed by atoms with Crippen molar-refractivity contribution < 1.29 is 52.8 Å². The maximum absolute atomic E-state index is 14.2. The van der Waals surface area contributed by atoms with Crippen LogP contribution in [0.5, 0.6) is 23.0 Å². The summed E-state index contributed by atoms with van der Waals surface area (Å²) in [5, 5.41) is 26.7. The van der Waals surface area contributed by atoms with E-state index in [9.17, 15) is 33.9 Å². The third kappa shape index (κ3) is 12.9. The summed E-state index contributed by atoms with van der Waals surface area (Å²) in [5.74, 6) is -0.378. The Morgan fingerprint density at radius 2 is 1.30 bits per heavy atom. The number of hydrogen-bond acceptors (Lipinski definition) is 15. The van der Waals surface area contributed by atoms with Gasteiger partial charge in [0.2, 0.25) is 17.7 Å². The maximum atomic E-state index is 14.2. The van der Waals surface area contributed by atoms with Crippen molar-refractivity contribution in [2.45, 2.75) is 134 Å². The van der Waals surface area contributed by atoms with E-state index in [-0.39, 0.29) is 70.7 Å². The van der Waals surface area contributed by atoms with E-state index in [0.29, 0.717) is 76.6 Å². The molecule has 6 atom stereocenters. The maximum Gasteiger partial charge on any atom is 0.260 e. The minimum absolute atomic E-state index is 0.0206. The van der Waals surface area contributed by atoms with Crippen molar-refractivity contribution >= 4 is 85.3 Å². The van der Waals surface area contributed by atoms with Gasteiger partial charge in [0.15, 0.2) is 23.0 Å². The lowest BCUT2D eigenvalue weighted by Crippen LogP contribution is -2.50. The van der Waals surface area contributed by atoms with Crippen LogP contribution in [0.3, 0.4) is 0 Å². The molecule has 2 unspecified atom stereocenters. The van der Waals surface area contributed by atoms with E-state index in [1.807, 2.05) is 59.5 Å². The molecule has 422 valence electrons. The number of methoxy groups -OCH3 is 2. The molecular weight excluding hydrogens is 1060 g/mol. The number of para-hydroxylation sites is 2. The van der Waals surface area contributed by atoms with Crippen LogP contribution in [0.2, 0.25) is 0 Å². The molecule has 80 heavy (non-hydrogen) atoms. The second kappa shape index (κ2) is 24.5. The normalized spacial score (nSPS) is 17.9. The van der Waals surface area contributed by atoms with Crippen LogP contribution >= 0.6 is 21.6 Å². The molecular formula is C60H69N7O11S2. The number of carbonyl (C=O) groups excluding carboxylic acids is 6. The van der Waals surface area contributed by atoms with E-state index in [1.54, 1.807) is 83.7 Å². The number of anilines is 5. The van der Waals surface area contributed by atoms with Gasteiger partial charge >= 0.3 is 0 Å². The molecule has 0 saturated carbocycles. The van der Waals surface area contributed by atoms with Gasteiger partial charge in [-0.15, -0.1) is 0 Å². The van der Waals surface area contributed by atoms with Gasteiger partial charge in [0, 0.05) is 58.6 Å². The fourth-order valence-corrected chi connectivity index (χ4v) is 13.0. The molecule has 6 N–H and O–H groups in total. The summed E-state index contributed by atoms with van der Waals surface area (Å²) in [6.07, 6.45) is 2.19. The van der Waals surface area contributed by atoms with Crippen LogP contribution in [0.1, 0.15) is 110 Å². The summed E-state index contributed by atoms with van der Waals surface area (Å²) >= 11 is 0. The number of ketones is 1. The highest BCUT2D eigenvalue weighted by Crippen LogP contribution is 2.45. The fourth-order valence-electron chi connectivity index (χ4n) is 10.3. The van der Waals surface area contributed by atoms with Crippen molar-refractivity contribution in [1.29, 1.82) is 0 Å². The van der Waals surface area contributed by atoms with Crippen LogP contribution in [-0.2, 0) is 45.2 Å². The molecule has 0 aromatic heterocycles. The van der Waals surface area contributed by atoms with Gasteiger partial charge in [-0.3, -0.25) is 24.0 Å². The largest absolute Gasteiger partial charge is 0.493 e. The van der Waals surface area contributed by atoms with Crippen molar-refractivity contribution in [3.63, 3.8) is 0 Å². The van der Waals surface area contributed by atoms with Crippen LogP contribution < -0.4 is 55.3 Å². The first-order valence-corrected chi connectivity index (χ1v) is 29.1. The summed E-state index contributed by atoms with van der Waals surface area (Å²) in [6.45, 7) is 11.3. The molecule has 0 bridgehead atoms. The monoisotopic (exact) mass is 1130 g/mol. The highest BCUT2D eigenvalue weighted by molar-refractivity contribution is 8.77. The van der Waals surface area contributed by atoms with Crippen molar-refractivity contribution in [3.05, 3.63) is 124 Å². The molecule has 5 aromatic carbocycles. The van der Waals surface area contributed by atoms with E-state index in [2.05, 4.69) is 47.4 Å². The Morgan fingerprint density at radius 1 is 0.725 bits per heavy atom. The first kappa shape index (κ1) is 57.3. The van der Waals surface area contributed by atoms with Gasteiger partial charge in [-0.05, 0) is 125 Å². The van der Waals surface area contributed by atoms with Crippen LogP contribution in [0.25, 0.3) is 0 Å². The minimum Gasteiger partial charge on any atom is -0.493 e. The highest BCUT2D eigenvalue weighted by Gasteiger charge is 2.43. The SMILES string of the molecule is COc1cc2c(cc1OCc1cc(COc3cc4c(cc3OC)C(=O)N3c5ccccc5C[C@H]3C(O)N4)cc(NC(=O)[C@@H](C)NC(=O)[C@H](C)NC(=O)CCC(C)(C)SSC(C)CCC(C)=O)c1)NC[C@@H]1Cc3ccccc3N1C2=O. The lowest BCUT2D eigenvalue weighted by Gasteiger charge is -2.26. The number of carbonyl (C=O) groups is 6. The van der Waals surface area contributed by atoms with E-state index < -0.39 is 36.2 Å². The predicted molar refractivity (Wildman–Crippen MR) is 312 cm³/mol. The Balaban J connectivity index is 0.904. The van der Waals surface area contributed by atoms with E-state index in [1.165, 1.54) is 14.2 Å². The Hall–Kier alpha value is -7.42. The van der Waals surface area contributed by atoms with Crippen LogP contribution in [0, 0.1) is 0 Å². The molecule has 18 nitrogen and oxygen atoms in total. The minimum atomic E-state index is -1.09. The number of ether oxygens (including phenoxy) is 4. The summed E-state index contributed by atoms with van der Waals surface area (Å²) in [7, 11) is 6.36. The summed E-state index contributed by atoms with van der Waals surface area (Å²) in [6, 6.07) is 24.9. The molecule has 4 aliphatic rings. The van der Waals surface area contributed by atoms with Gasteiger partial charge < -0.3 is 65.2 Å². The smallest absolute Gasteiger partial charge is 0.260 e. The molecule has 4 aliphatic heterocycles. The number of aliphatic hydroxyl groups is 1. The van der Waals surface area contributed by atoms with Crippen molar-refractivity contribution in [3.8, 4) is 23.0 Å². The van der Waals surface area contributed by atoms with E-state index >= 15 is 0 Å². The zero-order valence-corrected chi connectivity index (χ0v) is 47.9. The summed E-state index contributed by atoms with van der Waals surface area (Å²) < 4.78 is 24.2. The number of fused-ring (bicyclic) bond motifs is 8. The number of hydrogen-bond donors (Lipinski definition) is 6. The average Bonchev–Trinajstić information content (AvgIpc) is 4.13. The topological polar surface area (TPSA) is 226 Å². The third-order valence-electron chi connectivity index (χ3n) is 14.7. The van der Waals surface area contributed by atoms with Gasteiger partial charge in [-0.2, -0.15) is 0 Å². The van der Waals surface area contributed by atoms with Gasteiger partial charge in [0.1, 0.15) is 37.3 Å². The molecule has 4 heterocycles. The molecule has 5 aromatic rings. The van der Waals surface area contributed by atoms with Crippen LogP contribution in [0.15, 0.2) is 91.0 Å². The lowest BCUT2D eigenvalue weighted by atomic mass is 10.1. The number of benzene rings is 5. The van der Waals surface area contributed by atoms with Gasteiger partial charge in [-0.1, -0.05) is 64.9 Å². The van der Waals surface area contributed by atoms with Gasteiger partial charge in [0.05, 0.1) is 48.8 Å². The van der Waals surface area contributed by atoms with E-state index in [4.69, 9.17) is 18.9 Å². The van der Waals surface area contributed by atoms with Crippen LogP contribution in [-0.4, -0.2) is 102 Å². The molecule has 5 amide bonds. The molecule has 0 radical (unpaired) electrons. The molecule has 0 fully saturated rings. The molecule has 20 heteroatoms. The Morgan fingerprint density at radius 3 is 1.94 bits per heavy atom. The van der Waals surface area contributed by atoms with Gasteiger partial charge in [0.25, 0.3) is 11.8 Å². The molecule has 9 rings (SSSR count). The second-order valence-corrected chi connectivity index (χ2v) is 24.8. The van der Waals surface area contributed by atoms with Crippen LogP contribution in [0.4, 0.5) is 28.4 Å². The first-order chi connectivity index (χ1) is 38.3. The quantitative estimate of drug-likeness (QED) is 0.0356. The van der Waals surface area contributed by atoms with Crippen molar-refractivity contribution in [1.82, 2.24) is 10.6 Å². The number of rotatable bonds is 22. The summed E-state index contributed by atoms with van der Waals surface area (Å²) in [5.41, 5.74) is 6.98. The van der Waals surface area contributed by atoms with Gasteiger partial charge in [-0.25, -0.2) is 0 Å². The highest BCUT2D eigenvalue weighted by atomic mass is 33.1. The number of nitrogens with one attached hydrogen (secondary N) is 5. The zero-order valence-electron chi connectivity index (χ0n) is 46.2. The Kier molecular flexibility index (Phi) is 17.6. The number of Topliss-reactive ketones (excluding diaryl/α,β-unsaturated/α-hetero) is 1. The standard InChI is InChI=1S/C60H69N7O11S2/c1-33(68)17-18-34(2)79-80-60(5,6)20-19-54(69)62-35(3)55(70)63-36(4)56(71)64-41-22-37(31-77-52-28-45-43(26-50(52)75-7)58(73)66-42(30-61-45)24-39-13-9-11-15-47(39)66)21-38(23-41)32-78-53-29-46-44(27-51(53)76-8)59(74)67-48-16-12-10-14-40(48)25-49(67)57(72)65-46/h9-16,21-23,26-29,34-36,42,49,57,61,65,72H,17-20,24-25,30-32H2,1-8H3,(H,62,69)(H,63,70)(H,64,71)/t34?,35-,36+,42-,49-,57?/m0/s1. The first-order valence-electron chi connectivity index (χ1n) is 26.9. The number of nitrogens with zero attached hydrogens (tertiary/aromatic N) is 2. The molecule has 0 aliphatic carbocycles. The number of aliphatic hydroxyl groups excluding tert-OH is 1. The molecule has 0 saturated heterocycles. The Bertz CT molecular complexity index is 3210. The summed E-state index contributed by atoms with van der Waals surface area (Å²) in [4.78, 5) is 83.6. The number of amides is 5. The molecule has 0 spiro atoms. The zero-order chi connectivity index (χ0) is 57.0. The second-order valence-electron chi connectivity index (χ2n) is 21.4. The Labute approximate surface area is 474 Å². The van der Waals surface area contributed by atoms with Crippen molar-refractivity contribution in [2.24, 2.45) is 0 Å². The fraction of sp³-hybridized carbons (Fsp3) is 0.400. The van der Waals surface area contributed by atoms with E-state index in [0.717, 1.165) is 35.3 Å². The third-order valence-corrected chi connectivity index (χ3v) is 18.7. The van der Waals surface area contributed by atoms with Crippen molar-refractivity contribution in [2.75, 3.05) is 46.5 Å².